The lowest BCUT2D eigenvalue weighted by Gasteiger charge is -2.13. The molecular weight excluding hydrogens is 315 g/mol. The molecule has 0 bridgehead atoms. The lowest BCUT2D eigenvalue weighted by molar-refractivity contribution is -0.131. The Bertz CT molecular complexity index is 442. The second-order valence-corrected chi connectivity index (χ2v) is 5.09. The average molecular weight is 335 g/mol. The highest BCUT2D eigenvalue weighted by Gasteiger charge is 2.29. The molecule has 5 nitrogen and oxygen atoms in total. The monoisotopic (exact) mass is 334 g/mol. The van der Waals surface area contributed by atoms with Gasteiger partial charge in [-0.1, -0.05) is 11.6 Å². The van der Waals surface area contributed by atoms with Crippen molar-refractivity contribution in [2.24, 2.45) is 5.73 Å². The van der Waals surface area contributed by atoms with Crippen LogP contribution in [0.25, 0.3) is 0 Å². The zero-order chi connectivity index (χ0) is 14.4. The van der Waals surface area contributed by atoms with Crippen molar-refractivity contribution in [3.05, 3.63) is 29.3 Å². The maximum atomic E-state index is 11.8. The fraction of sp³-hybridized carbons (Fsp3) is 0.500. The number of amides is 1. The van der Waals surface area contributed by atoms with Crippen LogP contribution in [-0.2, 0) is 9.53 Å². The lowest BCUT2D eigenvalue weighted by atomic mass is 10.2. The summed E-state index contributed by atoms with van der Waals surface area (Å²) >= 11 is 5.78. The largest absolute Gasteiger partial charge is 0.492 e. The van der Waals surface area contributed by atoms with Gasteiger partial charge in [-0.05, 0) is 37.1 Å². The third kappa shape index (κ3) is 5.71. The van der Waals surface area contributed by atoms with Gasteiger partial charge in [-0.25, -0.2) is 0 Å². The predicted octanol–water partition coefficient (Wildman–Crippen LogP) is 1.76. The quantitative estimate of drug-likeness (QED) is 0.777. The first-order valence-electron chi connectivity index (χ1n) is 6.70. The van der Waals surface area contributed by atoms with E-state index in [1.165, 1.54) is 0 Å². The molecule has 1 heterocycles. The fourth-order valence-electron chi connectivity index (χ4n) is 2.06. The molecule has 1 aliphatic heterocycles. The molecule has 0 unspecified atom stereocenters. The summed E-state index contributed by atoms with van der Waals surface area (Å²) in [4.78, 5) is 11.8. The molecule has 21 heavy (non-hydrogen) atoms. The smallest absolute Gasteiger partial charge is 0.249 e. The molecule has 1 aliphatic rings. The minimum Gasteiger partial charge on any atom is -0.492 e. The van der Waals surface area contributed by atoms with E-state index < -0.39 is 0 Å². The summed E-state index contributed by atoms with van der Waals surface area (Å²) in [5.41, 5.74) is 5.51. The Morgan fingerprint density at radius 1 is 1.38 bits per heavy atom. The molecule has 1 aromatic rings. The highest BCUT2D eigenvalue weighted by atomic mass is 35.5. The van der Waals surface area contributed by atoms with E-state index in [2.05, 4.69) is 5.32 Å². The zero-order valence-electron chi connectivity index (χ0n) is 11.6. The van der Waals surface area contributed by atoms with Crippen molar-refractivity contribution in [3.8, 4) is 5.75 Å². The molecule has 7 heteroatoms. The van der Waals surface area contributed by atoms with Crippen LogP contribution in [0.5, 0.6) is 5.75 Å². The molecule has 2 atom stereocenters. The highest BCUT2D eigenvalue weighted by molar-refractivity contribution is 6.30. The van der Waals surface area contributed by atoms with Crippen molar-refractivity contribution in [2.45, 2.75) is 25.0 Å². The molecule has 0 radical (unpaired) electrons. The molecule has 3 N–H and O–H groups in total. The van der Waals surface area contributed by atoms with Crippen molar-refractivity contribution in [1.29, 1.82) is 0 Å². The van der Waals surface area contributed by atoms with Crippen LogP contribution in [0.4, 0.5) is 0 Å². The van der Waals surface area contributed by atoms with Crippen LogP contribution in [0.1, 0.15) is 12.8 Å². The van der Waals surface area contributed by atoms with E-state index in [4.69, 9.17) is 26.8 Å². The van der Waals surface area contributed by atoms with Crippen molar-refractivity contribution in [2.75, 3.05) is 19.7 Å². The molecule has 1 aromatic carbocycles. The Hall–Kier alpha value is -1.01. The summed E-state index contributed by atoms with van der Waals surface area (Å²) in [5.74, 6) is 0.629. The molecule has 0 spiro atoms. The number of nitrogens with one attached hydrogen (secondary N) is 1. The number of carbonyl (C=O) groups excluding carboxylic acids is 1. The number of hydrogen-bond donors (Lipinski definition) is 2. The molecule has 0 aromatic heterocycles. The topological polar surface area (TPSA) is 73.6 Å². The molecule has 1 amide bonds. The van der Waals surface area contributed by atoms with Crippen molar-refractivity contribution in [1.82, 2.24) is 5.32 Å². The van der Waals surface area contributed by atoms with E-state index in [0.717, 1.165) is 18.6 Å². The van der Waals surface area contributed by atoms with E-state index in [1.807, 2.05) is 0 Å². The lowest BCUT2D eigenvalue weighted by Crippen LogP contribution is -2.37. The summed E-state index contributed by atoms with van der Waals surface area (Å²) in [6, 6.07) is 7.09. The Morgan fingerprint density at radius 2 is 2.10 bits per heavy atom. The molecule has 2 rings (SSSR count). The van der Waals surface area contributed by atoms with Gasteiger partial charge in [0.05, 0.1) is 12.6 Å². The first kappa shape index (κ1) is 18.0. The minimum atomic E-state index is -0.376. The summed E-state index contributed by atoms with van der Waals surface area (Å²) < 4.78 is 11.0. The van der Waals surface area contributed by atoms with E-state index in [1.54, 1.807) is 24.3 Å². The summed E-state index contributed by atoms with van der Waals surface area (Å²) in [6.45, 7) is 1.30. The van der Waals surface area contributed by atoms with E-state index >= 15 is 0 Å². The average Bonchev–Trinajstić information content (AvgIpc) is 2.94. The maximum Gasteiger partial charge on any atom is 0.249 e. The summed E-state index contributed by atoms with van der Waals surface area (Å²) in [7, 11) is 0. The maximum absolute atomic E-state index is 11.8. The van der Waals surface area contributed by atoms with E-state index in [-0.39, 0.29) is 30.5 Å². The SMILES string of the molecule is Cl.NC[C@H]1CC[C@@H](C(=O)NCCOc2ccc(Cl)cc2)O1. The van der Waals surface area contributed by atoms with E-state index in [9.17, 15) is 4.79 Å². The minimum absolute atomic E-state index is 0. The second kappa shape index (κ2) is 9.10. The molecule has 0 aliphatic carbocycles. The Kier molecular flexibility index (Phi) is 7.82. The third-order valence-corrected chi connectivity index (χ3v) is 3.40. The van der Waals surface area contributed by atoms with Gasteiger partial charge in [-0.2, -0.15) is 0 Å². The van der Waals surface area contributed by atoms with Gasteiger partial charge in [0.2, 0.25) is 5.91 Å². The zero-order valence-corrected chi connectivity index (χ0v) is 13.2. The first-order valence-corrected chi connectivity index (χ1v) is 7.08. The number of ether oxygens (including phenoxy) is 2. The number of carbonyl (C=O) groups is 1. The van der Waals surface area contributed by atoms with Gasteiger partial charge >= 0.3 is 0 Å². The van der Waals surface area contributed by atoms with Gasteiger partial charge in [0.1, 0.15) is 18.5 Å². The third-order valence-electron chi connectivity index (χ3n) is 3.15. The Labute approximate surface area is 135 Å². The van der Waals surface area contributed by atoms with Crippen molar-refractivity contribution in [3.63, 3.8) is 0 Å². The van der Waals surface area contributed by atoms with Gasteiger partial charge < -0.3 is 20.5 Å². The molecule has 118 valence electrons. The number of halogens is 2. The van der Waals surface area contributed by atoms with Gasteiger partial charge in [0.15, 0.2) is 0 Å². The van der Waals surface area contributed by atoms with Gasteiger partial charge in [0.25, 0.3) is 0 Å². The molecule has 1 fully saturated rings. The van der Waals surface area contributed by atoms with E-state index in [0.29, 0.717) is 24.7 Å². The molecule has 0 saturated carbocycles. The van der Waals surface area contributed by atoms with Crippen LogP contribution in [0, 0.1) is 0 Å². The van der Waals surface area contributed by atoms with Crippen LogP contribution in [-0.4, -0.2) is 37.8 Å². The van der Waals surface area contributed by atoms with Crippen LogP contribution >= 0.6 is 24.0 Å². The summed E-state index contributed by atoms with van der Waals surface area (Å²) in [5, 5.41) is 3.46. The Balaban J connectivity index is 0.00000220. The number of hydrogen-bond acceptors (Lipinski definition) is 4. The van der Waals surface area contributed by atoms with Crippen LogP contribution in [0.2, 0.25) is 5.02 Å². The predicted molar refractivity (Wildman–Crippen MR) is 84.2 cm³/mol. The van der Waals surface area contributed by atoms with Crippen LogP contribution in [0.15, 0.2) is 24.3 Å². The van der Waals surface area contributed by atoms with Gasteiger partial charge in [0, 0.05) is 11.6 Å². The normalized spacial score (nSPS) is 20.7. The summed E-state index contributed by atoms with van der Waals surface area (Å²) in [6.07, 6.45) is 1.21. The highest BCUT2D eigenvalue weighted by Crippen LogP contribution is 2.18. The first-order chi connectivity index (χ1) is 9.69. The standard InChI is InChI=1S/C14H19ClN2O3.ClH/c15-10-1-3-11(4-2-10)19-8-7-17-14(18)13-6-5-12(9-16)20-13;/h1-4,12-13H,5-9,16H2,(H,17,18);1H/t12-,13+;/m1./s1. The molecular formula is C14H20Cl2N2O3. The number of benzene rings is 1. The fourth-order valence-corrected chi connectivity index (χ4v) is 2.19. The second-order valence-electron chi connectivity index (χ2n) is 4.65. The van der Waals surface area contributed by atoms with Crippen LogP contribution < -0.4 is 15.8 Å². The number of rotatable bonds is 6. The number of nitrogens with two attached hydrogens (primary N) is 1. The molecule has 1 saturated heterocycles. The van der Waals surface area contributed by atoms with Gasteiger partial charge in [-0.3, -0.25) is 4.79 Å². The van der Waals surface area contributed by atoms with Crippen LogP contribution in [0.3, 0.4) is 0 Å². The van der Waals surface area contributed by atoms with Crippen molar-refractivity contribution >= 4 is 29.9 Å². The van der Waals surface area contributed by atoms with Gasteiger partial charge in [-0.15, -0.1) is 12.4 Å². The van der Waals surface area contributed by atoms with Crippen molar-refractivity contribution < 1.29 is 14.3 Å². The Morgan fingerprint density at radius 3 is 2.71 bits per heavy atom.